The molecule has 1 aliphatic rings. The lowest BCUT2D eigenvalue weighted by atomic mass is 10.1. The largest absolute Gasteiger partial charge is 0.486 e. The van der Waals surface area contributed by atoms with Gasteiger partial charge in [-0.25, -0.2) is 12.8 Å². The van der Waals surface area contributed by atoms with Crippen molar-refractivity contribution < 1.29 is 27.1 Å². The fourth-order valence-corrected chi connectivity index (χ4v) is 4.51. The fraction of sp³-hybridized carbons (Fsp3) is 0.167. The summed E-state index contributed by atoms with van der Waals surface area (Å²) < 4.78 is 52.9. The molecule has 180 valence electrons. The molecule has 0 spiro atoms. The van der Waals surface area contributed by atoms with Gasteiger partial charge in [-0.1, -0.05) is 18.2 Å². The van der Waals surface area contributed by atoms with E-state index in [4.69, 9.17) is 14.7 Å². The van der Waals surface area contributed by atoms with Gasteiger partial charge < -0.3 is 20.1 Å². The van der Waals surface area contributed by atoms with Crippen LogP contribution in [-0.2, 0) is 10.0 Å². The normalized spacial score (nSPS) is 12.3. The van der Waals surface area contributed by atoms with Crippen molar-refractivity contribution in [3.05, 3.63) is 77.6 Å². The van der Waals surface area contributed by atoms with Crippen molar-refractivity contribution in [3.63, 3.8) is 0 Å². The Morgan fingerprint density at radius 3 is 2.51 bits per heavy atom. The number of halogens is 1. The van der Waals surface area contributed by atoms with Gasteiger partial charge in [0.1, 0.15) is 30.7 Å². The zero-order chi connectivity index (χ0) is 24.8. The van der Waals surface area contributed by atoms with Gasteiger partial charge in [-0.05, 0) is 36.4 Å². The van der Waals surface area contributed by atoms with Crippen molar-refractivity contribution >= 4 is 27.3 Å². The average Bonchev–Trinajstić information content (AvgIpc) is 2.86. The maximum absolute atomic E-state index is 13.7. The van der Waals surface area contributed by atoms with E-state index in [-0.39, 0.29) is 34.8 Å². The summed E-state index contributed by atoms with van der Waals surface area (Å²) >= 11 is 0. The van der Waals surface area contributed by atoms with E-state index < -0.39 is 21.7 Å². The van der Waals surface area contributed by atoms with Crippen LogP contribution in [-0.4, -0.2) is 40.6 Å². The molecule has 9 nitrogen and oxygen atoms in total. The number of rotatable bonds is 8. The Hall–Kier alpha value is -4.30. The van der Waals surface area contributed by atoms with Crippen molar-refractivity contribution in [2.75, 3.05) is 36.3 Å². The monoisotopic (exact) mass is 496 g/mol. The second kappa shape index (κ2) is 10.3. The summed E-state index contributed by atoms with van der Waals surface area (Å²) in [7, 11) is -4.02. The Balaban J connectivity index is 1.42. The maximum Gasteiger partial charge on any atom is 0.262 e. The quantitative estimate of drug-likeness (QED) is 0.409. The molecule has 0 atom stereocenters. The number of para-hydroxylation sites is 1. The molecule has 3 aromatic rings. The van der Waals surface area contributed by atoms with E-state index in [1.807, 2.05) is 0 Å². The van der Waals surface area contributed by atoms with Crippen molar-refractivity contribution in [1.29, 1.82) is 5.26 Å². The molecule has 0 saturated carbocycles. The third-order valence-corrected chi connectivity index (χ3v) is 6.45. The molecule has 0 unspecified atom stereocenters. The van der Waals surface area contributed by atoms with E-state index in [0.717, 1.165) is 0 Å². The lowest BCUT2D eigenvalue weighted by Gasteiger charge is -2.19. The molecule has 4 rings (SSSR count). The number of benzene rings is 3. The Morgan fingerprint density at radius 1 is 0.971 bits per heavy atom. The molecule has 35 heavy (non-hydrogen) atoms. The van der Waals surface area contributed by atoms with E-state index in [2.05, 4.69) is 15.4 Å². The topological polar surface area (TPSA) is 130 Å². The predicted molar refractivity (Wildman–Crippen MR) is 127 cm³/mol. The number of nitrogens with zero attached hydrogens (tertiary/aromatic N) is 1. The van der Waals surface area contributed by atoms with E-state index in [9.17, 15) is 17.6 Å². The van der Waals surface area contributed by atoms with Crippen LogP contribution in [0.2, 0.25) is 0 Å². The molecule has 3 aromatic carbocycles. The zero-order valence-electron chi connectivity index (χ0n) is 18.4. The number of sulfonamides is 1. The molecule has 0 bridgehead atoms. The van der Waals surface area contributed by atoms with Crippen LogP contribution in [0.5, 0.6) is 11.5 Å². The average molecular weight is 497 g/mol. The minimum Gasteiger partial charge on any atom is -0.486 e. The minimum atomic E-state index is -4.02. The predicted octanol–water partition coefficient (Wildman–Crippen LogP) is 3.11. The number of hydrogen-bond donors (Lipinski definition) is 3. The number of carbonyl (C=O) groups excluding carboxylic acids is 1. The first kappa shape index (κ1) is 23.8. The van der Waals surface area contributed by atoms with Crippen molar-refractivity contribution in [2.24, 2.45) is 0 Å². The summed E-state index contributed by atoms with van der Waals surface area (Å²) in [5.41, 5.74) is 0.425. The van der Waals surface area contributed by atoms with Crippen LogP contribution < -0.4 is 24.8 Å². The molecule has 0 radical (unpaired) electrons. The molecule has 0 saturated heterocycles. The highest BCUT2D eigenvalue weighted by Gasteiger charge is 2.21. The van der Waals surface area contributed by atoms with Crippen LogP contribution in [0.15, 0.2) is 65.6 Å². The summed E-state index contributed by atoms with van der Waals surface area (Å²) in [6.45, 7) is 1.06. The maximum atomic E-state index is 13.7. The summed E-state index contributed by atoms with van der Waals surface area (Å²) in [6, 6.07) is 16.5. The molecule has 1 aliphatic heterocycles. The number of carbonyl (C=O) groups is 1. The standard InChI is InChI=1S/C24H21FN4O5S/c25-19-5-3-7-20(18(19)15-26)27-10-11-28-24(30)17-4-1-2-6-21(17)29-35(31,32)16-8-9-22-23(14-16)34-13-12-33-22/h1-9,14,27,29H,10-13H2,(H,28,30). The molecule has 11 heteroatoms. The first-order chi connectivity index (χ1) is 16.9. The van der Waals surface area contributed by atoms with Crippen LogP contribution >= 0.6 is 0 Å². The molecule has 0 aliphatic carbocycles. The number of fused-ring (bicyclic) bond motifs is 1. The molecular weight excluding hydrogens is 475 g/mol. The molecule has 1 amide bonds. The first-order valence-electron chi connectivity index (χ1n) is 10.6. The second-order valence-electron chi connectivity index (χ2n) is 7.41. The SMILES string of the molecule is N#Cc1c(F)cccc1NCCNC(=O)c1ccccc1NS(=O)(=O)c1ccc2c(c1)OCCO2. The lowest BCUT2D eigenvalue weighted by Crippen LogP contribution is -2.30. The highest BCUT2D eigenvalue weighted by molar-refractivity contribution is 7.92. The Kier molecular flexibility index (Phi) is 7.03. The molecule has 1 heterocycles. The highest BCUT2D eigenvalue weighted by Crippen LogP contribution is 2.33. The number of hydrogen-bond acceptors (Lipinski definition) is 7. The van der Waals surface area contributed by atoms with Gasteiger partial charge in [0.25, 0.3) is 15.9 Å². The van der Waals surface area contributed by atoms with Gasteiger partial charge in [0.05, 0.1) is 21.8 Å². The van der Waals surface area contributed by atoms with Gasteiger partial charge in [0.15, 0.2) is 11.5 Å². The van der Waals surface area contributed by atoms with Gasteiger partial charge in [-0.3, -0.25) is 9.52 Å². The number of amides is 1. The second-order valence-corrected chi connectivity index (χ2v) is 9.10. The summed E-state index contributed by atoms with van der Waals surface area (Å²) in [4.78, 5) is 12.7. The van der Waals surface area contributed by atoms with Crippen LogP contribution in [0.25, 0.3) is 0 Å². The Morgan fingerprint density at radius 2 is 1.71 bits per heavy atom. The van der Waals surface area contributed by atoms with Crippen LogP contribution in [0.4, 0.5) is 15.8 Å². The van der Waals surface area contributed by atoms with Crippen LogP contribution in [0, 0.1) is 17.1 Å². The first-order valence-corrected chi connectivity index (χ1v) is 12.1. The number of nitrogens with one attached hydrogen (secondary N) is 3. The summed E-state index contributed by atoms with van der Waals surface area (Å²) in [5, 5.41) is 14.7. The summed E-state index contributed by atoms with van der Waals surface area (Å²) in [5.74, 6) is -0.355. The van der Waals surface area contributed by atoms with Crippen LogP contribution in [0.3, 0.4) is 0 Å². The van der Waals surface area contributed by atoms with Gasteiger partial charge in [0, 0.05) is 19.2 Å². The zero-order valence-corrected chi connectivity index (χ0v) is 19.2. The number of nitriles is 1. The van der Waals surface area contributed by atoms with Crippen molar-refractivity contribution in [2.45, 2.75) is 4.90 Å². The van der Waals surface area contributed by atoms with Crippen molar-refractivity contribution in [1.82, 2.24) is 5.32 Å². The highest BCUT2D eigenvalue weighted by atomic mass is 32.2. The van der Waals surface area contributed by atoms with Gasteiger partial charge in [-0.2, -0.15) is 5.26 Å². The fourth-order valence-electron chi connectivity index (χ4n) is 3.42. The van der Waals surface area contributed by atoms with Crippen molar-refractivity contribution in [3.8, 4) is 17.6 Å². The third-order valence-electron chi connectivity index (χ3n) is 5.09. The molecular formula is C24H21FN4O5S. The van der Waals surface area contributed by atoms with Gasteiger partial charge in [0.2, 0.25) is 0 Å². The molecule has 0 fully saturated rings. The van der Waals surface area contributed by atoms with E-state index in [0.29, 0.717) is 30.4 Å². The lowest BCUT2D eigenvalue weighted by molar-refractivity contribution is 0.0956. The van der Waals surface area contributed by atoms with E-state index >= 15 is 0 Å². The smallest absolute Gasteiger partial charge is 0.262 e. The molecule has 0 aromatic heterocycles. The number of anilines is 2. The van der Waals surface area contributed by atoms with Gasteiger partial charge >= 0.3 is 0 Å². The van der Waals surface area contributed by atoms with Crippen LogP contribution in [0.1, 0.15) is 15.9 Å². The van der Waals surface area contributed by atoms with E-state index in [1.165, 1.54) is 42.5 Å². The Labute approximate surface area is 201 Å². The molecule has 3 N–H and O–H groups in total. The minimum absolute atomic E-state index is 0.0375. The third kappa shape index (κ3) is 5.44. The number of ether oxygens (including phenoxy) is 2. The summed E-state index contributed by atoms with van der Waals surface area (Å²) in [6.07, 6.45) is 0. The Bertz CT molecular complexity index is 1410. The van der Waals surface area contributed by atoms with E-state index in [1.54, 1.807) is 24.3 Å². The van der Waals surface area contributed by atoms with Gasteiger partial charge in [-0.15, -0.1) is 0 Å².